The Morgan fingerprint density at radius 2 is 2.00 bits per heavy atom. The first-order valence-corrected chi connectivity index (χ1v) is 7.09. The first kappa shape index (κ1) is 15.4. The van der Waals surface area contributed by atoms with Gasteiger partial charge in [0.05, 0.1) is 16.4 Å². The van der Waals surface area contributed by atoms with E-state index in [-0.39, 0.29) is 18.2 Å². The average molecular weight is 308 g/mol. The van der Waals surface area contributed by atoms with E-state index >= 15 is 0 Å². The van der Waals surface area contributed by atoms with Crippen molar-refractivity contribution in [2.24, 2.45) is 0 Å². The van der Waals surface area contributed by atoms with Crippen LogP contribution in [0.2, 0.25) is 5.02 Å². The van der Waals surface area contributed by atoms with E-state index in [1.807, 2.05) is 26.0 Å². The minimum atomic E-state index is -0.101. The molecule has 6 heteroatoms. The Labute approximate surface area is 128 Å². The topological polar surface area (TPSA) is 67.2 Å². The number of carbonyl (C=O) groups is 1. The van der Waals surface area contributed by atoms with Gasteiger partial charge in [0.1, 0.15) is 12.3 Å². The molecule has 0 bridgehead atoms. The number of aryl methyl sites for hydroxylation is 1. The fourth-order valence-corrected chi connectivity index (χ4v) is 2.17. The fraction of sp³-hybridized carbons (Fsp3) is 0.333. The summed E-state index contributed by atoms with van der Waals surface area (Å²) in [5.74, 6) is 0.139. The third-order valence-electron chi connectivity index (χ3n) is 3.26. The number of aromatic hydroxyl groups is 1. The lowest BCUT2D eigenvalue weighted by atomic mass is 10.1. The van der Waals surface area contributed by atoms with Crippen molar-refractivity contribution in [1.29, 1.82) is 0 Å². The molecule has 0 atom stereocenters. The van der Waals surface area contributed by atoms with E-state index in [0.29, 0.717) is 18.0 Å². The van der Waals surface area contributed by atoms with E-state index < -0.39 is 0 Å². The molecule has 0 saturated carbocycles. The Morgan fingerprint density at radius 3 is 2.57 bits per heavy atom. The largest absolute Gasteiger partial charge is 0.508 e. The minimum Gasteiger partial charge on any atom is -0.508 e. The van der Waals surface area contributed by atoms with Gasteiger partial charge in [-0.3, -0.25) is 9.48 Å². The van der Waals surface area contributed by atoms with E-state index in [1.165, 1.54) is 0 Å². The maximum absolute atomic E-state index is 11.9. The predicted octanol–water partition coefficient (Wildman–Crippen LogP) is 2.22. The number of hydrogen-bond acceptors (Lipinski definition) is 3. The molecule has 1 amide bonds. The molecular weight excluding hydrogens is 290 g/mol. The fourth-order valence-electron chi connectivity index (χ4n) is 2.03. The SMILES string of the molecule is Cc1nn(CC(=O)NCCc2ccc(O)cc2)c(C)c1Cl. The lowest BCUT2D eigenvalue weighted by Gasteiger charge is -2.07. The van der Waals surface area contributed by atoms with Gasteiger partial charge in [-0.1, -0.05) is 23.7 Å². The molecule has 0 unspecified atom stereocenters. The Bertz CT molecular complexity index is 635. The first-order chi connectivity index (χ1) is 9.97. The maximum Gasteiger partial charge on any atom is 0.241 e. The number of phenols is 1. The molecule has 1 heterocycles. The summed E-state index contributed by atoms with van der Waals surface area (Å²) < 4.78 is 1.60. The van der Waals surface area contributed by atoms with Crippen LogP contribution in [0.15, 0.2) is 24.3 Å². The van der Waals surface area contributed by atoms with Gasteiger partial charge in [-0.2, -0.15) is 5.10 Å². The van der Waals surface area contributed by atoms with E-state index in [9.17, 15) is 9.90 Å². The predicted molar refractivity (Wildman–Crippen MR) is 81.5 cm³/mol. The third kappa shape index (κ3) is 3.98. The summed E-state index contributed by atoms with van der Waals surface area (Å²) >= 11 is 6.04. The second kappa shape index (κ2) is 6.63. The van der Waals surface area contributed by atoms with Crippen LogP contribution in [0.5, 0.6) is 5.75 Å². The maximum atomic E-state index is 11.9. The summed E-state index contributed by atoms with van der Waals surface area (Å²) in [5, 5.41) is 16.9. The Morgan fingerprint density at radius 1 is 1.33 bits per heavy atom. The van der Waals surface area contributed by atoms with Crippen molar-refractivity contribution in [2.75, 3.05) is 6.54 Å². The highest BCUT2D eigenvalue weighted by atomic mass is 35.5. The number of aromatic nitrogens is 2. The van der Waals surface area contributed by atoms with Gasteiger partial charge in [0.15, 0.2) is 0 Å². The molecule has 0 spiro atoms. The van der Waals surface area contributed by atoms with Crippen LogP contribution in [0.25, 0.3) is 0 Å². The number of amides is 1. The van der Waals surface area contributed by atoms with Gasteiger partial charge in [-0.05, 0) is 38.0 Å². The van der Waals surface area contributed by atoms with E-state index in [2.05, 4.69) is 10.4 Å². The van der Waals surface area contributed by atoms with E-state index in [4.69, 9.17) is 11.6 Å². The number of phenolic OH excluding ortho intramolecular Hbond substituents is 1. The lowest BCUT2D eigenvalue weighted by molar-refractivity contribution is -0.121. The molecule has 0 radical (unpaired) electrons. The van der Waals surface area contributed by atoms with Gasteiger partial charge in [0.2, 0.25) is 5.91 Å². The van der Waals surface area contributed by atoms with Gasteiger partial charge < -0.3 is 10.4 Å². The van der Waals surface area contributed by atoms with Crippen LogP contribution < -0.4 is 5.32 Å². The van der Waals surface area contributed by atoms with Crippen molar-refractivity contribution in [3.8, 4) is 5.75 Å². The van der Waals surface area contributed by atoms with Crippen LogP contribution in [0.3, 0.4) is 0 Å². The Balaban J connectivity index is 1.82. The number of halogens is 1. The zero-order valence-corrected chi connectivity index (χ0v) is 12.8. The molecule has 0 aliphatic rings. The number of nitrogens with zero attached hydrogens (tertiary/aromatic N) is 2. The molecule has 5 nitrogen and oxygen atoms in total. The van der Waals surface area contributed by atoms with Gasteiger partial charge >= 0.3 is 0 Å². The van der Waals surface area contributed by atoms with Crippen molar-refractivity contribution in [2.45, 2.75) is 26.8 Å². The average Bonchev–Trinajstić information content (AvgIpc) is 2.68. The molecule has 0 aliphatic heterocycles. The summed E-state index contributed by atoms with van der Waals surface area (Å²) in [6.07, 6.45) is 0.712. The Hall–Kier alpha value is -2.01. The molecule has 112 valence electrons. The summed E-state index contributed by atoms with van der Waals surface area (Å²) in [6.45, 7) is 4.35. The molecule has 0 fully saturated rings. The summed E-state index contributed by atoms with van der Waals surface area (Å²) in [4.78, 5) is 11.9. The smallest absolute Gasteiger partial charge is 0.241 e. The number of benzene rings is 1. The highest BCUT2D eigenvalue weighted by Crippen LogP contribution is 2.18. The number of rotatable bonds is 5. The molecule has 2 rings (SSSR count). The molecule has 0 aliphatic carbocycles. The first-order valence-electron chi connectivity index (χ1n) is 6.71. The van der Waals surface area contributed by atoms with Crippen LogP contribution in [-0.4, -0.2) is 27.3 Å². The van der Waals surface area contributed by atoms with Crippen molar-refractivity contribution in [3.63, 3.8) is 0 Å². The highest BCUT2D eigenvalue weighted by Gasteiger charge is 2.11. The molecular formula is C15H18ClN3O2. The molecule has 21 heavy (non-hydrogen) atoms. The van der Waals surface area contributed by atoms with Gasteiger partial charge in [-0.25, -0.2) is 0 Å². The molecule has 1 aromatic carbocycles. The molecule has 2 N–H and O–H groups in total. The second-order valence-corrected chi connectivity index (χ2v) is 5.29. The highest BCUT2D eigenvalue weighted by molar-refractivity contribution is 6.31. The van der Waals surface area contributed by atoms with Gasteiger partial charge in [0.25, 0.3) is 0 Å². The molecule has 2 aromatic rings. The zero-order valence-electron chi connectivity index (χ0n) is 12.1. The van der Waals surface area contributed by atoms with Crippen molar-refractivity contribution >= 4 is 17.5 Å². The summed E-state index contributed by atoms with van der Waals surface area (Å²) in [5.41, 5.74) is 2.58. The Kier molecular flexibility index (Phi) is 4.85. The normalized spacial score (nSPS) is 10.6. The number of nitrogens with one attached hydrogen (secondary N) is 1. The number of carbonyl (C=O) groups excluding carboxylic acids is 1. The zero-order chi connectivity index (χ0) is 15.4. The van der Waals surface area contributed by atoms with Gasteiger partial charge in [-0.15, -0.1) is 0 Å². The third-order valence-corrected chi connectivity index (χ3v) is 3.81. The van der Waals surface area contributed by atoms with Crippen LogP contribution in [-0.2, 0) is 17.8 Å². The number of hydrogen-bond donors (Lipinski definition) is 2. The van der Waals surface area contributed by atoms with Crippen LogP contribution in [0.4, 0.5) is 0 Å². The second-order valence-electron chi connectivity index (χ2n) is 4.91. The van der Waals surface area contributed by atoms with E-state index in [0.717, 1.165) is 17.0 Å². The van der Waals surface area contributed by atoms with Crippen LogP contribution >= 0.6 is 11.6 Å². The molecule has 0 saturated heterocycles. The lowest BCUT2D eigenvalue weighted by Crippen LogP contribution is -2.30. The van der Waals surface area contributed by atoms with Crippen LogP contribution in [0.1, 0.15) is 17.0 Å². The summed E-state index contributed by atoms with van der Waals surface area (Å²) in [6, 6.07) is 6.94. The minimum absolute atomic E-state index is 0.101. The van der Waals surface area contributed by atoms with Gasteiger partial charge in [0, 0.05) is 6.54 Å². The molecule has 1 aromatic heterocycles. The van der Waals surface area contributed by atoms with Crippen LogP contribution in [0, 0.1) is 13.8 Å². The van der Waals surface area contributed by atoms with Crippen molar-refractivity contribution in [3.05, 3.63) is 46.2 Å². The quantitative estimate of drug-likeness (QED) is 0.890. The monoisotopic (exact) mass is 307 g/mol. The standard InChI is InChI=1S/C15H18ClN3O2/c1-10-15(16)11(2)19(18-10)9-14(21)17-8-7-12-3-5-13(20)6-4-12/h3-6,20H,7-9H2,1-2H3,(H,17,21). The summed E-state index contributed by atoms with van der Waals surface area (Å²) in [7, 11) is 0. The van der Waals surface area contributed by atoms with Crippen molar-refractivity contribution in [1.82, 2.24) is 15.1 Å². The van der Waals surface area contributed by atoms with E-state index in [1.54, 1.807) is 16.8 Å². The van der Waals surface area contributed by atoms with Crippen molar-refractivity contribution < 1.29 is 9.90 Å².